The smallest absolute Gasteiger partial charge is 0.227 e. The molecule has 5 nitrogen and oxygen atoms in total. The van der Waals surface area contributed by atoms with Gasteiger partial charge >= 0.3 is 0 Å². The third kappa shape index (κ3) is 3.44. The van der Waals surface area contributed by atoms with E-state index in [1.165, 1.54) is 16.9 Å². The third-order valence-electron chi connectivity index (χ3n) is 3.96. The topological polar surface area (TPSA) is 59.8 Å². The predicted molar refractivity (Wildman–Crippen MR) is 101 cm³/mol. The number of nitrogens with one attached hydrogen (secondary N) is 1. The highest BCUT2D eigenvalue weighted by Gasteiger charge is 2.10. The van der Waals surface area contributed by atoms with E-state index in [2.05, 4.69) is 37.4 Å². The molecule has 0 bridgehead atoms. The van der Waals surface area contributed by atoms with Crippen molar-refractivity contribution in [1.82, 2.24) is 13.9 Å². The fraction of sp³-hybridized carbons (Fsp3) is 0.105. The number of hydrogen-bond acceptors (Lipinski definition) is 4. The number of carbonyl (C=O) groups is 1. The fourth-order valence-corrected chi connectivity index (χ4v) is 3.32. The Morgan fingerprint density at radius 3 is 2.72 bits per heavy atom. The fourth-order valence-electron chi connectivity index (χ4n) is 2.72. The summed E-state index contributed by atoms with van der Waals surface area (Å²) in [6.07, 6.45) is 2.40. The number of amides is 1. The van der Waals surface area contributed by atoms with E-state index in [0.717, 1.165) is 11.1 Å². The van der Waals surface area contributed by atoms with Crippen molar-refractivity contribution < 1.29 is 4.79 Å². The van der Waals surface area contributed by atoms with Crippen LogP contribution in [0.15, 0.2) is 66.9 Å². The lowest BCUT2D eigenvalue weighted by Crippen LogP contribution is -2.14. The maximum Gasteiger partial charge on any atom is 0.227 e. The number of hydrogen-bond donors (Lipinski definition) is 1. The normalized spacial score (nSPS) is 10.9. The van der Waals surface area contributed by atoms with Crippen molar-refractivity contribution >= 4 is 33.5 Å². The van der Waals surface area contributed by atoms with Crippen LogP contribution in [0.25, 0.3) is 22.3 Å². The van der Waals surface area contributed by atoms with Crippen LogP contribution in [0.4, 0.5) is 5.13 Å². The van der Waals surface area contributed by atoms with Gasteiger partial charge in [-0.1, -0.05) is 48.5 Å². The summed E-state index contributed by atoms with van der Waals surface area (Å²) >= 11 is 1.20. The van der Waals surface area contributed by atoms with Gasteiger partial charge in [-0.3, -0.25) is 4.79 Å². The molecule has 2 aromatic heterocycles. The Bertz CT molecular complexity index is 1010. The van der Waals surface area contributed by atoms with Gasteiger partial charge in [0.05, 0.1) is 0 Å². The van der Waals surface area contributed by atoms with Crippen LogP contribution in [0.1, 0.15) is 6.42 Å². The average Bonchev–Trinajstić information content (AvgIpc) is 3.28. The van der Waals surface area contributed by atoms with E-state index in [1.807, 2.05) is 48.7 Å². The number of benzene rings is 2. The Labute approximate surface area is 149 Å². The van der Waals surface area contributed by atoms with Gasteiger partial charge in [0.1, 0.15) is 0 Å². The van der Waals surface area contributed by atoms with Gasteiger partial charge in [-0.15, -0.1) is 0 Å². The van der Waals surface area contributed by atoms with Crippen LogP contribution in [-0.2, 0) is 11.3 Å². The Morgan fingerprint density at radius 1 is 1.04 bits per heavy atom. The van der Waals surface area contributed by atoms with Crippen LogP contribution >= 0.6 is 11.5 Å². The number of rotatable bonds is 5. The van der Waals surface area contributed by atoms with Gasteiger partial charge in [-0.05, 0) is 17.5 Å². The lowest BCUT2D eigenvalue weighted by molar-refractivity contribution is -0.116. The number of nitrogens with zero attached hydrogens (tertiary/aromatic N) is 3. The van der Waals surface area contributed by atoms with Crippen molar-refractivity contribution in [2.24, 2.45) is 0 Å². The molecule has 0 aliphatic rings. The van der Waals surface area contributed by atoms with Gasteiger partial charge in [-0.2, -0.15) is 9.36 Å². The van der Waals surface area contributed by atoms with Gasteiger partial charge < -0.3 is 9.88 Å². The van der Waals surface area contributed by atoms with Crippen molar-refractivity contribution in [2.45, 2.75) is 13.0 Å². The molecule has 0 aliphatic carbocycles. The Kier molecular flexibility index (Phi) is 4.26. The van der Waals surface area contributed by atoms with E-state index in [1.54, 1.807) is 0 Å². The molecule has 124 valence electrons. The Balaban J connectivity index is 1.39. The summed E-state index contributed by atoms with van der Waals surface area (Å²) in [6, 6.07) is 19.9. The molecule has 0 spiro atoms. The zero-order valence-electron chi connectivity index (χ0n) is 13.4. The lowest BCUT2D eigenvalue weighted by Gasteiger charge is -2.05. The minimum absolute atomic E-state index is 0.0615. The number of aryl methyl sites for hydroxylation is 1. The molecule has 1 amide bonds. The number of fused-ring (bicyclic) bond motifs is 1. The minimum Gasteiger partial charge on any atom is -0.347 e. The molecular formula is C19H16N4OS. The molecule has 25 heavy (non-hydrogen) atoms. The summed E-state index contributed by atoms with van der Waals surface area (Å²) in [4.78, 5) is 16.6. The summed E-state index contributed by atoms with van der Waals surface area (Å²) < 4.78 is 6.39. The van der Waals surface area contributed by atoms with Crippen LogP contribution in [0, 0.1) is 0 Å². The quantitative estimate of drug-likeness (QED) is 0.588. The second-order valence-electron chi connectivity index (χ2n) is 5.66. The van der Waals surface area contributed by atoms with Crippen LogP contribution in [0.5, 0.6) is 0 Å². The number of aromatic nitrogens is 3. The SMILES string of the molecule is O=C(CCn1ccc2ccccc21)Nc1nc(-c2ccccc2)ns1. The van der Waals surface area contributed by atoms with Crippen molar-refractivity contribution in [3.63, 3.8) is 0 Å². The van der Waals surface area contributed by atoms with Crippen molar-refractivity contribution in [3.05, 3.63) is 66.9 Å². The molecule has 4 aromatic rings. The highest BCUT2D eigenvalue weighted by molar-refractivity contribution is 7.10. The molecule has 4 rings (SSSR count). The van der Waals surface area contributed by atoms with E-state index >= 15 is 0 Å². The van der Waals surface area contributed by atoms with E-state index in [-0.39, 0.29) is 5.91 Å². The minimum atomic E-state index is -0.0615. The van der Waals surface area contributed by atoms with Crippen molar-refractivity contribution in [1.29, 1.82) is 0 Å². The lowest BCUT2D eigenvalue weighted by atomic mass is 10.2. The second kappa shape index (κ2) is 6.86. The third-order valence-corrected chi connectivity index (χ3v) is 4.59. The zero-order chi connectivity index (χ0) is 17.1. The number of anilines is 1. The largest absolute Gasteiger partial charge is 0.347 e. The average molecular weight is 348 g/mol. The van der Waals surface area contributed by atoms with Crippen molar-refractivity contribution in [3.8, 4) is 11.4 Å². The molecule has 6 heteroatoms. The van der Waals surface area contributed by atoms with Gasteiger partial charge in [0.25, 0.3) is 0 Å². The summed E-state index contributed by atoms with van der Waals surface area (Å²) in [5, 5.41) is 4.54. The predicted octanol–water partition coefficient (Wildman–Crippen LogP) is 4.19. The first-order valence-electron chi connectivity index (χ1n) is 8.02. The van der Waals surface area contributed by atoms with E-state index in [0.29, 0.717) is 23.9 Å². The molecular weight excluding hydrogens is 332 g/mol. The van der Waals surface area contributed by atoms with E-state index < -0.39 is 0 Å². The first-order valence-corrected chi connectivity index (χ1v) is 8.80. The van der Waals surface area contributed by atoms with Gasteiger partial charge in [0.2, 0.25) is 11.0 Å². The molecule has 2 aromatic carbocycles. The van der Waals surface area contributed by atoms with Gasteiger partial charge in [0.15, 0.2) is 5.82 Å². The molecule has 0 radical (unpaired) electrons. The number of para-hydroxylation sites is 1. The summed E-state index contributed by atoms with van der Waals surface area (Å²) in [5.74, 6) is 0.575. The monoisotopic (exact) mass is 348 g/mol. The molecule has 0 atom stereocenters. The molecule has 0 saturated heterocycles. The number of carbonyl (C=O) groups excluding carboxylic acids is 1. The van der Waals surface area contributed by atoms with Gasteiger partial charge in [-0.25, -0.2) is 0 Å². The van der Waals surface area contributed by atoms with E-state index in [9.17, 15) is 4.79 Å². The molecule has 0 fully saturated rings. The standard InChI is InChI=1S/C19H16N4OS/c24-17(11-13-23-12-10-14-6-4-5-9-16(14)23)20-19-21-18(22-25-19)15-7-2-1-3-8-15/h1-10,12H,11,13H2,(H,20,21,22,24). The first-order chi connectivity index (χ1) is 12.3. The van der Waals surface area contributed by atoms with Crippen LogP contribution < -0.4 is 5.32 Å². The first kappa shape index (κ1) is 15.5. The molecule has 0 unspecified atom stereocenters. The van der Waals surface area contributed by atoms with E-state index in [4.69, 9.17) is 0 Å². The zero-order valence-corrected chi connectivity index (χ0v) is 14.2. The Morgan fingerprint density at radius 2 is 1.84 bits per heavy atom. The summed E-state index contributed by atoms with van der Waals surface area (Å²) in [6.45, 7) is 0.629. The van der Waals surface area contributed by atoms with Crippen molar-refractivity contribution in [2.75, 3.05) is 5.32 Å². The second-order valence-corrected chi connectivity index (χ2v) is 6.41. The van der Waals surface area contributed by atoms with Gasteiger partial charge in [0, 0.05) is 41.8 Å². The molecule has 2 heterocycles. The summed E-state index contributed by atoms with van der Waals surface area (Å²) in [7, 11) is 0. The molecule has 1 N–H and O–H groups in total. The maximum absolute atomic E-state index is 12.2. The highest BCUT2D eigenvalue weighted by atomic mass is 32.1. The molecule has 0 aliphatic heterocycles. The van der Waals surface area contributed by atoms with Crippen LogP contribution in [0.3, 0.4) is 0 Å². The maximum atomic E-state index is 12.2. The van der Waals surface area contributed by atoms with Crippen LogP contribution in [-0.4, -0.2) is 19.8 Å². The molecule has 0 saturated carbocycles. The Hall–Kier alpha value is -2.99. The highest BCUT2D eigenvalue weighted by Crippen LogP contribution is 2.21. The van der Waals surface area contributed by atoms with Crippen LogP contribution in [0.2, 0.25) is 0 Å². The summed E-state index contributed by atoms with van der Waals surface area (Å²) in [5.41, 5.74) is 2.08.